The van der Waals surface area contributed by atoms with E-state index in [0.717, 1.165) is 57.8 Å². The molecule has 6 nitrogen and oxygen atoms in total. The minimum atomic E-state index is -1.25. The van der Waals surface area contributed by atoms with E-state index < -0.39 is 36.9 Å². The summed E-state index contributed by atoms with van der Waals surface area (Å²) in [6.45, 7) is 3.78. The van der Waals surface area contributed by atoms with Crippen LogP contribution in [0.25, 0.3) is 0 Å². The summed E-state index contributed by atoms with van der Waals surface area (Å²) in [7, 11) is 0. The lowest BCUT2D eigenvalue weighted by Gasteiger charge is -2.27. The maximum absolute atomic E-state index is 12.1. The molecule has 0 saturated carbocycles. The molecule has 0 radical (unpaired) electrons. The summed E-state index contributed by atoms with van der Waals surface area (Å²) in [5.74, 6) is -0.610. The summed E-state index contributed by atoms with van der Waals surface area (Å²) in [5, 5.41) is 42.2. The Kier molecular flexibility index (Phi) is 18.4. The normalized spacial score (nSPS) is 15.9. The first kappa shape index (κ1) is 28.1. The molecule has 0 aromatic carbocycles. The lowest BCUT2D eigenvalue weighted by Crippen LogP contribution is -2.53. The van der Waals surface area contributed by atoms with Crippen molar-refractivity contribution in [2.45, 2.75) is 122 Å². The van der Waals surface area contributed by atoms with Gasteiger partial charge in [-0.15, -0.1) is 0 Å². The SMILES string of the molecule is CCCC/C=C\CCCCCC(O)C(=O)NC(CO)C(O)C(O)CCCCCC. The molecule has 0 bridgehead atoms. The molecule has 0 fully saturated rings. The molecule has 0 rings (SSSR count). The fourth-order valence-electron chi connectivity index (χ4n) is 3.20. The smallest absolute Gasteiger partial charge is 0.249 e. The van der Waals surface area contributed by atoms with Crippen molar-refractivity contribution in [1.82, 2.24) is 5.32 Å². The largest absolute Gasteiger partial charge is 0.394 e. The van der Waals surface area contributed by atoms with Crippen LogP contribution in [0.2, 0.25) is 0 Å². The molecule has 0 aliphatic rings. The van der Waals surface area contributed by atoms with Crippen molar-refractivity contribution < 1.29 is 25.2 Å². The minimum Gasteiger partial charge on any atom is -0.394 e. The number of carbonyl (C=O) groups excluding carboxylic acids is 1. The third-order valence-corrected chi connectivity index (χ3v) is 5.23. The molecule has 4 unspecified atom stereocenters. The summed E-state index contributed by atoms with van der Waals surface area (Å²) in [6.07, 6.45) is 12.9. The standard InChI is InChI=1S/C23H45NO5/c1-3-5-7-9-10-11-12-13-15-17-21(27)23(29)24-19(18-25)22(28)20(26)16-14-8-6-4-2/h9-10,19-22,25-28H,3-8,11-18H2,1-2H3,(H,24,29)/b10-9-. The van der Waals surface area contributed by atoms with Gasteiger partial charge < -0.3 is 25.7 Å². The minimum absolute atomic E-state index is 0.346. The van der Waals surface area contributed by atoms with Gasteiger partial charge in [0.1, 0.15) is 12.2 Å². The van der Waals surface area contributed by atoms with Gasteiger partial charge in [0.25, 0.3) is 0 Å². The van der Waals surface area contributed by atoms with Crippen LogP contribution in [0.4, 0.5) is 0 Å². The summed E-state index contributed by atoms with van der Waals surface area (Å²) in [4.78, 5) is 12.1. The molecule has 6 heteroatoms. The Balaban J connectivity index is 4.07. The number of aliphatic hydroxyl groups is 4. The summed E-state index contributed by atoms with van der Waals surface area (Å²) < 4.78 is 0. The van der Waals surface area contributed by atoms with Gasteiger partial charge in [-0.3, -0.25) is 4.79 Å². The highest BCUT2D eigenvalue weighted by Gasteiger charge is 2.28. The van der Waals surface area contributed by atoms with E-state index in [0.29, 0.717) is 12.8 Å². The van der Waals surface area contributed by atoms with Crippen LogP contribution in [-0.2, 0) is 4.79 Å². The van der Waals surface area contributed by atoms with E-state index >= 15 is 0 Å². The predicted octanol–water partition coefficient (Wildman–Crippen LogP) is 3.21. The Hall–Kier alpha value is -0.950. The first-order chi connectivity index (χ1) is 14.0. The van der Waals surface area contributed by atoms with Crippen LogP contribution in [-0.4, -0.2) is 57.3 Å². The third-order valence-electron chi connectivity index (χ3n) is 5.23. The Morgan fingerprint density at radius 2 is 1.41 bits per heavy atom. The number of amides is 1. The molecule has 0 aromatic rings. The number of aliphatic hydroxyl groups excluding tert-OH is 4. The van der Waals surface area contributed by atoms with E-state index in [1.54, 1.807) is 0 Å². The maximum atomic E-state index is 12.1. The van der Waals surface area contributed by atoms with Gasteiger partial charge in [-0.1, -0.05) is 77.4 Å². The van der Waals surface area contributed by atoms with Crippen molar-refractivity contribution in [2.75, 3.05) is 6.61 Å². The maximum Gasteiger partial charge on any atom is 0.249 e. The molecular weight excluding hydrogens is 370 g/mol. The van der Waals surface area contributed by atoms with E-state index in [4.69, 9.17) is 0 Å². The molecule has 29 heavy (non-hydrogen) atoms. The van der Waals surface area contributed by atoms with Crippen molar-refractivity contribution in [2.24, 2.45) is 0 Å². The van der Waals surface area contributed by atoms with Gasteiger partial charge in [0, 0.05) is 0 Å². The predicted molar refractivity (Wildman–Crippen MR) is 118 cm³/mol. The van der Waals surface area contributed by atoms with Crippen LogP contribution >= 0.6 is 0 Å². The first-order valence-corrected chi connectivity index (χ1v) is 11.6. The Morgan fingerprint density at radius 1 is 0.828 bits per heavy atom. The summed E-state index contributed by atoms with van der Waals surface area (Å²) in [6, 6.07) is -0.980. The van der Waals surface area contributed by atoms with Gasteiger partial charge in [-0.05, 0) is 32.1 Å². The van der Waals surface area contributed by atoms with Crippen molar-refractivity contribution in [3.05, 3.63) is 12.2 Å². The number of allylic oxidation sites excluding steroid dienone is 2. The average molecular weight is 416 g/mol. The highest BCUT2D eigenvalue weighted by Crippen LogP contribution is 2.12. The zero-order valence-corrected chi connectivity index (χ0v) is 18.6. The Morgan fingerprint density at radius 3 is 2.03 bits per heavy atom. The van der Waals surface area contributed by atoms with Crippen LogP contribution in [0.1, 0.15) is 97.3 Å². The fraction of sp³-hybridized carbons (Fsp3) is 0.870. The number of unbranched alkanes of at least 4 members (excludes halogenated alkanes) is 8. The van der Waals surface area contributed by atoms with E-state index in [9.17, 15) is 25.2 Å². The lowest BCUT2D eigenvalue weighted by molar-refractivity contribution is -0.132. The van der Waals surface area contributed by atoms with Crippen LogP contribution < -0.4 is 5.32 Å². The molecule has 0 spiro atoms. The fourth-order valence-corrected chi connectivity index (χ4v) is 3.20. The van der Waals surface area contributed by atoms with Gasteiger partial charge in [0.15, 0.2) is 0 Å². The molecule has 4 atom stereocenters. The van der Waals surface area contributed by atoms with Crippen LogP contribution in [0, 0.1) is 0 Å². The van der Waals surface area contributed by atoms with E-state index in [-0.39, 0.29) is 0 Å². The summed E-state index contributed by atoms with van der Waals surface area (Å²) in [5.41, 5.74) is 0. The zero-order chi connectivity index (χ0) is 21.9. The number of rotatable bonds is 19. The molecule has 0 aromatic heterocycles. The monoisotopic (exact) mass is 415 g/mol. The number of carbonyl (C=O) groups is 1. The second-order valence-electron chi connectivity index (χ2n) is 7.97. The third kappa shape index (κ3) is 14.6. The molecule has 5 N–H and O–H groups in total. The first-order valence-electron chi connectivity index (χ1n) is 11.6. The highest BCUT2D eigenvalue weighted by atomic mass is 16.3. The van der Waals surface area contributed by atoms with Gasteiger partial charge >= 0.3 is 0 Å². The quantitative estimate of drug-likeness (QED) is 0.164. The lowest BCUT2D eigenvalue weighted by atomic mass is 9.99. The van der Waals surface area contributed by atoms with Crippen molar-refractivity contribution >= 4 is 5.91 Å². The molecule has 0 saturated heterocycles. The van der Waals surface area contributed by atoms with Gasteiger partial charge in [-0.2, -0.15) is 0 Å². The second-order valence-corrected chi connectivity index (χ2v) is 7.97. The number of nitrogens with one attached hydrogen (secondary N) is 1. The van der Waals surface area contributed by atoms with E-state index in [1.807, 2.05) is 0 Å². The van der Waals surface area contributed by atoms with E-state index in [2.05, 4.69) is 31.3 Å². The number of hydrogen-bond acceptors (Lipinski definition) is 5. The number of hydrogen-bond donors (Lipinski definition) is 5. The molecule has 1 amide bonds. The van der Waals surface area contributed by atoms with Crippen LogP contribution in [0.3, 0.4) is 0 Å². The van der Waals surface area contributed by atoms with Crippen LogP contribution in [0.5, 0.6) is 0 Å². The van der Waals surface area contributed by atoms with Crippen molar-refractivity contribution in [1.29, 1.82) is 0 Å². The zero-order valence-electron chi connectivity index (χ0n) is 18.6. The van der Waals surface area contributed by atoms with Crippen molar-refractivity contribution in [3.8, 4) is 0 Å². The van der Waals surface area contributed by atoms with Gasteiger partial charge in [0.2, 0.25) is 5.91 Å². The summed E-state index contributed by atoms with van der Waals surface area (Å²) >= 11 is 0. The Bertz CT molecular complexity index is 416. The molecule has 172 valence electrons. The molecule has 0 aliphatic carbocycles. The van der Waals surface area contributed by atoms with Gasteiger partial charge in [0.05, 0.1) is 18.8 Å². The van der Waals surface area contributed by atoms with Crippen LogP contribution in [0.15, 0.2) is 12.2 Å². The highest BCUT2D eigenvalue weighted by molar-refractivity contribution is 5.80. The van der Waals surface area contributed by atoms with E-state index in [1.165, 1.54) is 12.8 Å². The Labute approximate surface area is 177 Å². The second kappa shape index (κ2) is 19.0. The molecule has 0 aliphatic heterocycles. The van der Waals surface area contributed by atoms with Gasteiger partial charge in [-0.25, -0.2) is 0 Å². The van der Waals surface area contributed by atoms with Crippen molar-refractivity contribution in [3.63, 3.8) is 0 Å². The topological polar surface area (TPSA) is 110 Å². The average Bonchev–Trinajstić information content (AvgIpc) is 2.72. The molecular formula is C23H45NO5. The molecule has 0 heterocycles.